The Balaban J connectivity index is 2.60. The molecule has 0 saturated carbocycles. The lowest BCUT2D eigenvalue weighted by atomic mass is 10.0. The number of aliphatic carboxylic acids is 1. The summed E-state index contributed by atoms with van der Waals surface area (Å²) in [6.45, 7) is 4.85. The number of rotatable bonds is 4. The number of carboxylic acid groups (broad SMARTS) is 1. The molecule has 1 aliphatic rings. The van der Waals surface area contributed by atoms with Gasteiger partial charge in [0.25, 0.3) is 0 Å². The van der Waals surface area contributed by atoms with Gasteiger partial charge in [0, 0.05) is 13.1 Å². The molecule has 0 aromatic rings. The zero-order valence-corrected chi connectivity index (χ0v) is 10.5. The van der Waals surface area contributed by atoms with Crippen molar-refractivity contribution >= 4 is 11.9 Å². The minimum absolute atomic E-state index is 0.0290. The summed E-state index contributed by atoms with van der Waals surface area (Å²) in [7, 11) is 1.73. The van der Waals surface area contributed by atoms with E-state index >= 15 is 0 Å². The van der Waals surface area contributed by atoms with Crippen molar-refractivity contribution in [3.05, 3.63) is 0 Å². The second-order valence-corrected chi connectivity index (χ2v) is 4.72. The lowest BCUT2D eigenvalue weighted by Gasteiger charge is -2.37. The first-order valence-corrected chi connectivity index (χ1v) is 5.68. The SMILES string of the molecule is CNC(C)(C)C(=O)N1CCOC(CC(=O)O)C1. The third-order valence-electron chi connectivity index (χ3n) is 2.99. The van der Waals surface area contributed by atoms with Crippen LogP contribution in [0.15, 0.2) is 0 Å². The zero-order chi connectivity index (χ0) is 13.1. The summed E-state index contributed by atoms with van der Waals surface area (Å²) >= 11 is 0. The quantitative estimate of drug-likeness (QED) is 0.709. The number of carboxylic acids is 1. The Labute approximate surface area is 101 Å². The van der Waals surface area contributed by atoms with Gasteiger partial charge < -0.3 is 20.1 Å². The van der Waals surface area contributed by atoms with Gasteiger partial charge in [0.05, 0.1) is 24.7 Å². The number of likely N-dealkylation sites (N-methyl/N-ethyl adjacent to an activating group) is 1. The Kier molecular flexibility index (Phi) is 4.47. The molecule has 1 saturated heterocycles. The van der Waals surface area contributed by atoms with Gasteiger partial charge in [-0.2, -0.15) is 0 Å². The molecule has 1 amide bonds. The topological polar surface area (TPSA) is 78.9 Å². The highest BCUT2D eigenvalue weighted by Gasteiger charge is 2.34. The molecule has 17 heavy (non-hydrogen) atoms. The first-order chi connectivity index (χ1) is 7.86. The maximum absolute atomic E-state index is 12.1. The average molecular weight is 244 g/mol. The fourth-order valence-corrected chi connectivity index (χ4v) is 1.72. The van der Waals surface area contributed by atoms with Crippen LogP contribution in [-0.4, -0.2) is 60.3 Å². The third kappa shape index (κ3) is 3.67. The largest absolute Gasteiger partial charge is 0.481 e. The highest BCUT2D eigenvalue weighted by molar-refractivity contribution is 5.85. The van der Waals surface area contributed by atoms with Gasteiger partial charge >= 0.3 is 5.97 Å². The number of ether oxygens (including phenoxy) is 1. The van der Waals surface area contributed by atoms with Crippen molar-refractivity contribution < 1.29 is 19.4 Å². The number of nitrogens with zero attached hydrogens (tertiary/aromatic N) is 1. The standard InChI is InChI=1S/C11H20N2O4/c1-11(2,12-3)10(16)13-4-5-17-8(7-13)6-9(14)15/h8,12H,4-7H2,1-3H3,(H,14,15). The van der Waals surface area contributed by atoms with E-state index in [2.05, 4.69) is 5.32 Å². The van der Waals surface area contributed by atoms with Gasteiger partial charge in [0.1, 0.15) is 0 Å². The maximum atomic E-state index is 12.1. The number of morpholine rings is 1. The summed E-state index contributed by atoms with van der Waals surface area (Å²) in [5.41, 5.74) is -0.634. The Morgan fingerprint density at radius 3 is 2.71 bits per heavy atom. The molecule has 98 valence electrons. The van der Waals surface area contributed by atoms with E-state index in [0.29, 0.717) is 19.7 Å². The van der Waals surface area contributed by atoms with E-state index in [4.69, 9.17) is 9.84 Å². The van der Waals surface area contributed by atoms with Crippen LogP contribution >= 0.6 is 0 Å². The molecular formula is C11H20N2O4. The van der Waals surface area contributed by atoms with Crippen LogP contribution in [0.2, 0.25) is 0 Å². The summed E-state index contributed by atoms with van der Waals surface area (Å²) in [6.07, 6.45) is -0.470. The fourth-order valence-electron chi connectivity index (χ4n) is 1.72. The lowest BCUT2D eigenvalue weighted by Crippen LogP contribution is -2.57. The van der Waals surface area contributed by atoms with E-state index in [1.807, 2.05) is 0 Å². The predicted molar refractivity (Wildman–Crippen MR) is 61.7 cm³/mol. The van der Waals surface area contributed by atoms with Crippen LogP contribution in [-0.2, 0) is 14.3 Å². The van der Waals surface area contributed by atoms with Crippen LogP contribution < -0.4 is 5.32 Å². The Hall–Kier alpha value is -1.14. The smallest absolute Gasteiger partial charge is 0.306 e. The highest BCUT2D eigenvalue weighted by atomic mass is 16.5. The van der Waals surface area contributed by atoms with Gasteiger partial charge in [0.2, 0.25) is 5.91 Å². The average Bonchev–Trinajstić information content (AvgIpc) is 2.27. The maximum Gasteiger partial charge on any atom is 0.306 e. The van der Waals surface area contributed by atoms with Gasteiger partial charge in [-0.25, -0.2) is 0 Å². The minimum atomic E-state index is -0.905. The Morgan fingerprint density at radius 1 is 1.53 bits per heavy atom. The van der Waals surface area contributed by atoms with Crippen molar-refractivity contribution in [2.24, 2.45) is 0 Å². The fraction of sp³-hybridized carbons (Fsp3) is 0.818. The lowest BCUT2D eigenvalue weighted by molar-refractivity contribution is -0.150. The predicted octanol–water partition coefficient (Wildman–Crippen LogP) is -0.313. The summed E-state index contributed by atoms with van der Waals surface area (Å²) in [5, 5.41) is 11.6. The number of hydrogen-bond donors (Lipinski definition) is 2. The highest BCUT2D eigenvalue weighted by Crippen LogP contribution is 2.14. The van der Waals surface area contributed by atoms with Crippen LogP contribution in [0.4, 0.5) is 0 Å². The molecule has 6 heteroatoms. The van der Waals surface area contributed by atoms with Crippen molar-refractivity contribution in [1.29, 1.82) is 0 Å². The minimum Gasteiger partial charge on any atom is -0.481 e. The van der Waals surface area contributed by atoms with Crippen molar-refractivity contribution in [3.63, 3.8) is 0 Å². The molecule has 1 unspecified atom stereocenters. The van der Waals surface area contributed by atoms with E-state index in [0.717, 1.165) is 0 Å². The molecule has 6 nitrogen and oxygen atoms in total. The van der Waals surface area contributed by atoms with Crippen LogP contribution in [0.25, 0.3) is 0 Å². The van der Waals surface area contributed by atoms with Crippen molar-refractivity contribution in [2.45, 2.75) is 31.9 Å². The Bertz CT molecular complexity index is 304. The molecule has 0 bridgehead atoms. The van der Waals surface area contributed by atoms with E-state index in [-0.39, 0.29) is 12.3 Å². The first-order valence-electron chi connectivity index (χ1n) is 5.68. The number of hydrogen-bond acceptors (Lipinski definition) is 4. The van der Waals surface area contributed by atoms with Gasteiger partial charge in [-0.3, -0.25) is 9.59 Å². The first kappa shape index (κ1) is 13.9. The number of carbonyl (C=O) groups excluding carboxylic acids is 1. The van der Waals surface area contributed by atoms with Gasteiger partial charge in [-0.1, -0.05) is 0 Å². The molecule has 2 N–H and O–H groups in total. The van der Waals surface area contributed by atoms with Crippen LogP contribution in [0.5, 0.6) is 0 Å². The van der Waals surface area contributed by atoms with Gasteiger partial charge in [-0.15, -0.1) is 0 Å². The monoisotopic (exact) mass is 244 g/mol. The van der Waals surface area contributed by atoms with E-state index in [9.17, 15) is 9.59 Å². The number of amides is 1. The van der Waals surface area contributed by atoms with Crippen molar-refractivity contribution in [1.82, 2.24) is 10.2 Å². The normalized spacial score (nSPS) is 21.4. The van der Waals surface area contributed by atoms with Crippen molar-refractivity contribution in [2.75, 3.05) is 26.7 Å². The molecule has 1 aliphatic heterocycles. The van der Waals surface area contributed by atoms with Crippen LogP contribution in [0, 0.1) is 0 Å². The molecule has 0 aliphatic carbocycles. The second kappa shape index (κ2) is 5.46. The molecule has 1 rings (SSSR count). The van der Waals surface area contributed by atoms with Crippen LogP contribution in [0.1, 0.15) is 20.3 Å². The molecule has 1 fully saturated rings. The molecule has 0 spiro atoms. The third-order valence-corrected chi connectivity index (χ3v) is 2.99. The Morgan fingerprint density at radius 2 is 2.18 bits per heavy atom. The van der Waals surface area contributed by atoms with Crippen molar-refractivity contribution in [3.8, 4) is 0 Å². The zero-order valence-electron chi connectivity index (χ0n) is 10.5. The number of nitrogens with one attached hydrogen (secondary N) is 1. The molecule has 0 aromatic carbocycles. The number of carbonyl (C=O) groups is 2. The van der Waals surface area contributed by atoms with Gasteiger partial charge in [0.15, 0.2) is 0 Å². The summed E-state index contributed by atoms with van der Waals surface area (Å²) in [5.74, 6) is -0.934. The molecule has 1 heterocycles. The van der Waals surface area contributed by atoms with Gasteiger partial charge in [-0.05, 0) is 20.9 Å². The molecule has 0 radical (unpaired) electrons. The molecule has 0 aromatic heterocycles. The summed E-state index contributed by atoms with van der Waals surface area (Å²) in [4.78, 5) is 24.4. The second-order valence-electron chi connectivity index (χ2n) is 4.72. The van der Waals surface area contributed by atoms with Crippen LogP contribution in [0.3, 0.4) is 0 Å². The molecule has 1 atom stereocenters. The van der Waals surface area contributed by atoms with E-state index in [1.165, 1.54) is 0 Å². The van der Waals surface area contributed by atoms with E-state index < -0.39 is 17.6 Å². The van der Waals surface area contributed by atoms with E-state index in [1.54, 1.807) is 25.8 Å². The summed E-state index contributed by atoms with van der Waals surface area (Å²) < 4.78 is 5.32. The summed E-state index contributed by atoms with van der Waals surface area (Å²) in [6, 6.07) is 0. The molecular weight excluding hydrogens is 224 g/mol.